The minimum absolute atomic E-state index is 0.203. The molecule has 0 fully saturated rings. The molecule has 3 aromatic heterocycles. The van der Waals surface area contributed by atoms with E-state index in [0.29, 0.717) is 17.9 Å². The van der Waals surface area contributed by atoms with Crippen LogP contribution in [0.1, 0.15) is 21.7 Å². The first kappa shape index (κ1) is 16.8. The lowest BCUT2D eigenvalue weighted by molar-refractivity contribution is 0.0946. The van der Waals surface area contributed by atoms with Crippen LogP contribution in [-0.2, 0) is 13.2 Å². The van der Waals surface area contributed by atoms with Crippen molar-refractivity contribution in [3.63, 3.8) is 0 Å². The molecule has 0 saturated heterocycles. The van der Waals surface area contributed by atoms with Crippen molar-refractivity contribution in [1.82, 2.24) is 19.7 Å². The van der Waals surface area contributed by atoms with Crippen LogP contribution in [-0.4, -0.2) is 20.3 Å². The molecule has 4 rings (SSSR count). The second kappa shape index (κ2) is 7.70. The van der Waals surface area contributed by atoms with Crippen LogP contribution in [0.5, 0.6) is 5.75 Å². The van der Waals surface area contributed by atoms with E-state index in [1.54, 1.807) is 18.3 Å². The SMILES string of the molecule is O=C(NCc1ccccn1)c1ccccc1OCc1cn2ccccc2n1. The first-order valence-electron chi connectivity index (χ1n) is 8.62. The summed E-state index contributed by atoms with van der Waals surface area (Å²) in [6.07, 6.45) is 5.55. The maximum Gasteiger partial charge on any atom is 0.255 e. The minimum atomic E-state index is -0.203. The van der Waals surface area contributed by atoms with Gasteiger partial charge in [0.15, 0.2) is 0 Å². The Hall–Kier alpha value is -3.67. The van der Waals surface area contributed by atoms with Gasteiger partial charge in [-0.05, 0) is 36.4 Å². The lowest BCUT2D eigenvalue weighted by atomic mass is 10.2. The van der Waals surface area contributed by atoms with Gasteiger partial charge >= 0.3 is 0 Å². The van der Waals surface area contributed by atoms with Crippen LogP contribution in [0.15, 0.2) is 79.3 Å². The Bertz CT molecular complexity index is 1030. The average molecular weight is 358 g/mol. The Kier molecular flexibility index (Phi) is 4.78. The fourth-order valence-corrected chi connectivity index (χ4v) is 2.76. The van der Waals surface area contributed by atoms with Crippen LogP contribution in [0, 0.1) is 0 Å². The summed E-state index contributed by atoms with van der Waals surface area (Å²) in [5, 5.41) is 2.87. The van der Waals surface area contributed by atoms with Gasteiger partial charge in [0.2, 0.25) is 0 Å². The van der Waals surface area contributed by atoms with Crippen LogP contribution in [0.4, 0.5) is 0 Å². The van der Waals surface area contributed by atoms with Crippen LogP contribution < -0.4 is 10.1 Å². The number of benzene rings is 1. The number of fused-ring (bicyclic) bond motifs is 1. The lowest BCUT2D eigenvalue weighted by Crippen LogP contribution is -2.23. The molecular weight excluding hydrogens is 340 g/mol. The molecule has 1 amide bonds. The zero-order chi connectivity index (χ0) is 18.5. The van der Waals surface area contributed by atoms with Gasteiger partial charge in [0.25, 0.3) is 5.91 Å². The van der Waals surface area contributed by atoms with E-state index in [1.165, 1.54) is 0 Å². The number of amides is 1. The van der Waals surface area contributed by atoms with E-state index in [4.69, 9.17) is 4.74 Å². The topological polar surface area (TPSA) is 68.5 Å². The largest absolute Gasteiger partial charge is 0.486 e. The molecule has 0 spiro atoms. The number of nitrogens with one attached hydrogen (secondary N) is 1. The van der Waals surface area contributed by atoms with Crippen molar-refractivity contribution in [2.24, 2.45) is 0 Å². The Labute approximate surface area is 156 Å². The standard InChI is InChI=1S/C21H18N4O2/c26-21(23-13-16-7-3-5-11-22-16)18-8-1-2-9-19(18)27-15-17-14-25-12-6-4-10-20(25)24-17/h1-12,14H,13,15H2,(H,23,26). The summed E-state index contributed by atoms with van der Waals surface area (Å²) in [6.45, 7) is 0.645. The van der Waals surface area contributed by atoms with Crippen molar-refractivity contribution in [2.75, 3.05) is 0 Å². The average Bonchev–Trinajstić information content (AvgIpc) is 3.14. The number of para-hydroxylation sites is 1. The molecule has 6 heteroatoms. The number of carbonyl (C=O) groups is 1. The summed E-state index contributed by atoms with van der Waals surface area (Å²) in [6, 6.07) is 18.6. The van der Waals surface area contributed by atoms with Crippen molar-refractivity contribution < 1.29 is 9.53 Å². The second-order valence-corrected chi connectivity index (χ2v) is 5.99. The zero-order valence-electron chi connectivity index (χ0n) is 14.6. The lowest BCUT2D eigenvalue weighted by Gasteiger charge is -2.11. The predicted octanol–water partition coefficient (Wildman–Crippen LogP) is 3.24. The highest BCUT2D eigenvalue weighted by Crippen LogP contribution is 2.19. The molecule has 0 aliphatic carbocycles. The number of rotatable bonds is 6. The third-order valence-electron chi connectivity index (χ3n) is 4.08. The highest BCUT2D eigenvalue weighted by Gasteiger charge is 2.13. The Morgan fingerprint density at radius 1 is 1.00 bits per heavy atom. The van der Waals surface area contributed by atoms with Crippen LogP contribution >= 0.6 is 0 Å². The Morgan fingerprint density at radius 2 is 1.85 bits per heavy atom. The van der Waals surface area contributed by atoms with E-state index in [-0.39, 0.29) is 12.5 Å². The predicted molar refractivity (Wildman–Crippen MR) is 101 cm³/mol. The van der Waals surface area contributed by atoms with E-state index in [2.05, 4.69) is 15.3 Å². The molecular formula is C21H18N4O2. The normalized spacial score (nSPS) is 10.7. The number of hydrogen-bond acceptors (Lipinski definition) is 4. The number of carbonyl (C=O) groups excluding carboxylic acids is 1. The van der Waals surface area contributed by atoms with Gasteiger partial charge in [0, 0.05) is 18.6 Å². The molecule has 0 aliphatic rings. The quantitative estimate of drug-likeness (QED) is 0.574. The fourth-order valence-electron chi connectivity index (χ4n) is 2.76. The van der Waals surface area contributed by atoms with Crippen LogP contribution in [0.3, 0.4) is 0 Å². The molecule has 1 aromatic carbocycles. The van der Waals surface area contributed by atoms with Crippen molar-refractivity contribution in [3.8, 4) is 5.75 Å². The molecule has 134 valence electrons. The highest BCUT2D eigenvalue weighted by molar-refractivity contribution is 5.96. The van der Waals surface area contributed by atoms with E-state index in [9.17, 15) is 4.79 Å². The first-order chi connectivity index (χ1) is 13.3. The van der Waals surface area contributed by atoms with Gasteiger partial charge in [-0.25, -0.2) is 4.98 Å². The summed E-state index contributed by atoms with van der Waals surface area (Å²) >= 11 is 0. The monoisotopic (exact) mass is 358 g/mol. The zero-order valence-corrected chi connectivity index (χ0v) is 14.6. The maximum atomic E-state index is 12.6. The van der Waals surface area contributed by atoms with Crippen molar-refractivity contribution >= 4 is 11.6 Å². The third-order valence-corrected chi connectivity index (χ3v) is 4.08. The molecule has 6 nitrogen and oxygen atoms in total. The number of hydrogen-bond donors (Lipinski definition) is 1. The van der Waals surface area contributed by atoms with Gasteiger partial charge in [0.1, 0.15) is 18.0 Å². The van der Waals surface area contributed by atoms with Crippen molar-refractivity contribution in [1.29, 1.82) is 0 Å². The smallest absolute Gasteiger partial charge is 0.255 e. The Morgan fingerprint density at radius 3 is 2.70 bits per heavy atom. The van der Waals surface area contributed by atoms with Crippen LogP contribution in [0.25, 0.3) is 5.65 Å². The second-order valence-electron chi connectivity index (χ2n) is 5.99. The fraction of sp³-hybridized carbons (Fsp3) is 0.0952. The van der Waals surface area contributed by atoms with Gasteiger partial charge < -0.3 is 14.5 Å². The minimum Gasteiger partial charge on any atom is -0.486 e. The van der Waals surface area contributed by atoms with Gasteiger partial charge in [0.05, 0.1) is 23.5 Å². The molecule has 0 aliphatic heterocycles. The molecule has 0 saturated carbocycles. The van der Waals surface area contributed by atoms with Crippen molar-refractivity contribution in [3.05, 3.63) is 96.2 Å². The molecule has 0 unspecified atom stereocenters. The number of imidazole rings is 1. The summed E-state index contributed by atoms with van der Waals surface area (Å²) in [4.78, 5) is 21.3. The summed E-state index contributed by atoms with van der Waals surface area (Å²) in [5.74, 6) is 0.319. The third kappa shape index (κ3) is 3.95. The molecule has 0 atom stereocenters. The van der Waals surface area contributed by atoms with E-state index < -0.39 is 0 Å². The number of pyridine rings is 2. The molecule has 4 aromatic rings. The summed E-state index contributed by atoms with van der Waals surface area (Å²) in [7, 11) is 0. The number of nitrogens with zero attached hydrogens (tertiary/aromatic N) is 3. The summed E-state index contributed by atoms with van der Waals surface area (Å²) in [5.41, 5.74) is 2.94. The molecule has 0 radical (unpaired) electrons. The number of ether oxygens (including phenoxy) is 1. The van der Waals surface area contributed by atoms with Gasteiger partial charge in [-0.3, -0.25) is 9.78 Å². The molecule has 0 bridgehead atoms. The molecule has 1 N–H and O–H groups in total. The van der Waals surface area contributed by atoms with Gasteiger partial charge in [-0.15, -0.1) is 0 Å². The summed E-state index contributed by atoms with van der Waals surface area (Å²) < 4.78 is 7.81. The Balaban J connectivity index is 1.44. The highest BCUT2D eigenvalue weighted by atomic mass is 16.5. The van der Waals surface area contributed by atoms with E-state index in [1.807, 2.05) is 65.3 Å². The first-order valence-corrected chi connectivity index (χ1v) is 8.62. The van der Waals surface area contributed by atoms with Gasteiger partial charge in [-0.2, -0.15) is 0 Å². The van der Waals surface area contributed by atoms with Crippen LogP contribution in [0.2, 0.25) is 0 Å². The van der Waals surface area contributed by atoms with E-state index >= 15 is 0 Å². The van der Waals surface area contributed by atoms with Crippen molar-refractivity contribution in [2.45, 2.75) is 13.2 Å². The van der Waals surface area contributed by atoms with Gasteiger partial charge in [-0.1, -0.05) is 24.3 Å². The maximum absolute atomic E-state index is 12.6. The number of aromatic nitrogens is 3. The van der Waals surface area contributed by atoms with E-state index in [0.717, 1.165) is 17.0 Å². The molecule has 27 heavy (non-hydrogen) atoms. The molecule has 3 heterocycles.